The van der Waals surface area contributed by atoms with Crippen LogP contribution in [0.25, 0.3) is 0 Å². The van der Waals surface area contributed by atoms with Gasteiger partial charge in [-0.3, -0.25) is 0 Å². The van der Waals surface area contributed by atoms with Crippen LogP contribution in [0.15, 0.2) is 0 Å². The first-order valence-corrected chi connectivity index (χ1v) is 5.48. The van der Waals surface area contributed by atoms with Gasteiger partial charge in [-0.15, -0.1) is 10.2 Å². The Bertz CT molecular complexity index is 334. The van der Waals surface area contributed by atoms with Crippen LogP contribution < -0.4 is 5.32 Å². The Hall–Kier alpha value is -0.900. The lowest BCUT2D eigenvalue weighted by atomic mass is 10.1. The SMILES string of the molecule is Cc1nnc(C2CCNC2)n1C1CC1. The fourth-order valence-corrected chi connectivity index (χ4v) is 2.32. The van der Waals surface area contributed by atoms with Crippen molar-refractivity contribution in [2.45, 2.75) is 38.1 Å². The molecule has 2 heterocycles. The van der Waals surface area contributed by atoms with Gasteiger partial charge in [-0.25, -0.2) is 0 Å². The Morgan fingerprint density at radius 2 is 2.14 bits per heavy atom. The standard InChI is InChI=1S/C10H16N4/c1-7-12-13-10(8-4-5-11-6-8)14(7)9-2-3-9/h8-9,11H,2-6H2,1H3. The average Bonchev–Trinajstić information content (AvgIpc) is 2.75. The summed E-state index contributed by atoms with van der Waals surface area (Å²) in [6, 6.07) is 0.709. The number of nitrogens with zero attached hydrogens (tertiary/aromatic N) is 3. The topological polar surface area (TPSA) is 42.7 Å². The minimum atomic E-state index is 0.594. The van der Waals surface area contributed by atoms with Crippen molar-refractivity contribution in [2.75, 3.05) is 13.1 Å². The second-order valence-electron chi connectivity index (χ2n) is 4.40. The summed E-state index contributed by atoms with van der Waals surface area (Å²) >= 11 is 0. The van der Waals surface area contributed by atoms with Gasteiger partial charge in [0.15, 0.2) is 0 Å². The number of rotatable bonds is 2. The van der Waals surface area contributed by atoms with Gasteiger partial charge in [0.1, 0.15) is 11.6 Å². The van der Waals surface area contributed by atoms with E-state index in [1.165, 1.54) is 25.1 Å². The van der Waals surface area contributed by atoms with Crippen LogP contribution in [0.1, 0.15) is 42.9 Å². The Kier molecular flexibility index (Phi) is 1.83. The monoisotopic (exact) mass is 192 g/mol. The van der Waals surface area contributed by atoms with Crippen molar-refractivity contribution in [1.29, 1.82) is 0 Å². The first-order valence-electron chi connectivity index (χ1n) is 5.48. The number of hydrogen-bond acceptors (Lipinski definition) is 3. The Morgan fingerprint density at radius 3 is 2.79 bits per heavy atom. The normalized spacial score (nSPS) is 27.1. The van der Waals surface area contributed by atoms with Crippen molar-refractivity contribution in [3.8, 4) is 0 Å². The van der Waals surface area contributed by atoms with Gasteiger partial charge in [-0.2, -0.15) is 0 Å². The summed E-state index contributed by atoms with van der Waals surface area (Å²) in [5.74, 6) is 2.90. The van der Waals surface area contributed by atoms with Crippen LogP contribution in [0.2, 0.25) is 0 Å². The van der Waals surface area contributed by atoms with Crippen molar-refractivity contribution in [2.24, 2.45) is 0 Å². The summed E-state index contributed by atoms with van der Waals surface area (Å²) in [6.45, 7) is 4.27. The van der Waals surface area contributed by atoms with Crippen molar-refractivity contribution < 1.29 is 0 Å². The van der Waals surface area contributed by atoms with Gasteiger partial charge in [-0.1, -0.05) is 0 Å². The molecule has 1 N–H and O–H groups in total. The highest BCUT2D eigenvalue weighted by Crippen LogP contribution is 2.38. The molecule has 0 aromatic carbocycles. The molecule has 0 radical (unpaired) electrons. The molecule has 1 aromatic rings. The molecule has 1 saturated carbocycles. The zero-order valence-corrected chi connectivity index (χ0v) is 8.53. The zero-order valence-electron chi connectivity index (χ0n) is 8.53. The lowest BCUT2D eigenvalue weighted by Crippen LogP contribution is -2.12. The molecule has 1 aromatic heterocycles. The molecule has 3 rings (SSSR count). The molecule has 76 valence electrons. The van der Waals surface area contributed by atoms with Gasteiger partial charge >= 0.3 is 0 Å². The molecule has 1 aliphatic heterocycles. The van der Waals surface area contributed by atoms with E-state index in [9.17, 15) is 0 Å². The van der Waals surface area contributed by atoms with E-state index in [0.29, 0.717) is 12.0 Å². The van der Waals surface area contributed by atoms with E-state index in [4.69, 9.17) is 0 Å². The van der Waals surface area contributed by atoms with E-state index < -0.39 is 0 Å². The first-order chi connectivity index (χ1) is 6.86. The number of hydrogen-bond donors (Lipinski definition) is 1. The summed E-state index contributed by atoms with van der Waals surface area (Å²) in [6.07, 6.45) is 3.84. The molecular weight excluding hydrogens is 176 g/mol. The lowest BCUT2D eigenvalue weighted by molar-refractivity contribution is 0.601. The van der Waals surface area contributed by atoms with E-state index in [1.807, 2.05) is 0 Å². The smallest absolute Gasteiger partial charge is 0.137 e. The number of aromatic nitrogens is 3. The maximum Gasteiger partial charge on any atom is 0.137 e. The van der Waals surface area contributed by atoms with Crippen LogP contribution in [-0.4, -0.2) is 27.9 Å². The van der Waals surface area contributed by atoms with E-state index in [2.05, 4.69) is 27.0 Å². The molecule has 1 atom stereocenters. The fourth-order valence-electron chi connectivity index (χ4n) is 2.32. The van der Waals surface area contributed by atoms with E-state index >= 15 is 0 Å². The van der Waals surface area contributed by atoms with E-state index in [0.717, 1.165) is 18.9 Å². The van der Waals surface area contributed by atoms with Crippen LogP contribution in [0.4, 0.5) is 0 Å². The summed E-state index contributed by atoms with van der Waals surface area (Å²) < 4.78 is 2.36. The summed E-state index contributed by atoms with van der Waals surface area (Å²) in [7, 11) is 0. The average molecular weight is 192 g/mol. The predicted octanol–water partition coefficient (Wildman–Crippen LogP) is 0.998. The van der Waals surface area contributed by atoms with Crippen LogP contribution >= 0.6 is 0 Å². The second-order valence-corrected chi connectivity index (χ2v) is 4.40. The number of nitrogens with one attached hydrogen (secondary N) is 1. The molecule has 0 bridgehead atoms. The fraction of sp³-hybridized carbons (Fsp3) is 0.800. The minimum Gasteiger partial charge on any atom is -0.316 e. The molecule has 1 saturated heterocycles. The van der Waals surface area contributed by atoms with Gasteiger partial charge in [-0.05, 0) is 32.7 Å². The quantitative estimate of drug-likeness (QED) is 0.760. The Morgan fingerprint density at radius 1 is 1.29 bits per heavy atom. The molecule has 14 heavy (non-hydrogen) atoms. The maximum atomic E-state index is 4.33. The largest absolute Gasteiger partial charge is 0.316 e. The van der Waals surface area contributed by atoms with Gasteiger partial charge < -0.3 is 9.88 Å². The maximum absolute atomic E-state index is 4.33. The van der Waals surface area contributed by atoms with Crippen LogP contribution in [0, 0.1) is 6.92 Å². The van der Waals surface area contributed by atoms with Gasteiger partial charge in [0.2, 0.25) is 0 Å². The molecule has 0 spiro atoms. The molecule has 2 aliphatic rings. The van der Waals surface area contributed by atoms with Gasteiger partial charge in [0.25, 0.3) is 0 Å². The molecule has 1 unspecified atom stereocenters. The second kappa shape index (κ2) is 3.05. The molecule has 1 aliphatic carbocycles. The van der Waals surface area contributed by atoms with Crippen LogP contribution in [0.3, 0.4) is 0 Å². The predicted molar refractivity (Wildman–Crippen MR) is 53.3 cm³/mol. The highest BCUT2D eigenvalue weighted by molar-refractivity contribution is 5.08. The zero-order chi connectivity index (χ0) is 9.54. The van der Waals surface area contributed by atoms with Crippen LogP contribution in [0.5, 0.6) is 0 Å². The van der Waals surface area contributed by atoms with Crippen molar-refractivity contribution >= 4 is 0 Å². The molecule has 4 nitrogen and oxygen atoms in total. The molecule has 4 heteroatoms. The van der Waals surface area contributed by atoms with Crippen molar-refractivity contribution in [3.05, 3.63) is 11.6 Å². The summed E-state index contributed by atoms with van der Waals surface area (Å²) in [5, 5.41) is 11.9. The first kappa shape index (κ1) is 8.41. The van der Waals surface area contributed by atoms with Crippen LogP contribution in [-0.2, 0) is 0 Å². The lowest BCUT2D eigenvalue weighted by Gasteiger charge is -2.10. The number of aryl methyl sites for hydroxylation is 1. The summed E-state index contributed by atoms with van der Waals surface area (Å²) in [4.78, 5) is 0. The Balaban J connectivity index is 1.95. The van der Waals surface area contributed by atoms with E-state index in [-0.39, 0.29) is 0 Å². The molecular formula is C10H16N4. The van der Waals surface area contributed by atoms with Gasteiger partial charge in [0.05, 0.1) is 0 Å². The third-order valence-corrected chi connectivity index (χ3v) is 3.23. The van der Waals surface area contributed by atoms with E-state index in [1.54, 1.807) is 0 Å². The Labute approximate surface area is 83.7 Å². The highest BCUT2D eigenvalue weighted by atomic mass is 15.3. The molecule has 0 amide bonds. The third-order valence-electron chi connectivity index (χ3n) is 3.23. The highest BCUT2D eigenvalue weighted by Gasteiger charge is 2.31. The molecule has 2 fully saturated rings. The van der Waals surface area contributed by atoms with Gasteiger partial charge in [0, 0.05) is 18.5 Å². The summed E-state index contributed by atoms with van der Waals surface area (Å²) in [5.41, 5.74) is 0. The third kappa shape index (κ3) is 1.25. The minimum absolute atomic E-state index is 0.594. The van der Waals surface area contributed by atoms with Crippen molar-refractivity contribution in [3.63, 3.8) is 0 Å². The van der Waals surface area contributed by atoms with Crippen molar-refractivity contribution in [1.82, 2.24) is 20.1 Å².